The first kappa shape index (κ1) is 14.5. The molecule has 0 atom stereocenters. The highest BCUT2D eigenvalue weighted by molar-refractivity contribution is 7.09. The fraction of sp³-hybridized carbons (Fsp3) is 0.462. The third-order valence-corrected chi connectivity index (χ3v) is 3.82. The van der Waals surface area contributed by atoms with Gasteiger partial charge in [-0.1, -0.05) is 6.92 Å². The average molecular weight is 292 g/mol. The molecule has 0 aliphatic rings. The van der Waals surface area contributed by atoms with E-state index in [0.29, 0.717) is 0 Å². The second-order valence-corrected chi connectivity index (χ2v) is 5.55. The number of thiazole rings is 1. The molecule has 3 N–H and O–H groups in total. The summed E-state index contributed by atoms with van der Waals surface area (Å²) >= 11 is 1.65. The number of hydrogen-bond donors (Lipinski definition) is 2. The van der Waals surface area contributed by atoms with Crippen LogP contribution in [0.4, 0.5) is 17.6 Å². The summed E-state index contributed by atoms with van der Waals surface area (Å²) in [6.07, 6.45) is 1.04. The molecule has 0 unspecified atom stereocenters. The van der Waals surface area contributed by atoms with E-state index < -0.39 is 0 Å². The van der Waals surface area contributed by atoms with Gasteiger partial charge < -0.3 is 16.0 Å². The Kier molecular flexibility index (Phi) is 4.73. The fourth-order valence-corrected chi connectivity index (χ4v) is 2.60. The minimum absolute atomic E-state index is 0.286. The van der Waals surface area contributed by atoms with E-state index in [4.69, 9.17) is 5.73 Å². The van der Waals surface area contributed by atoms with E-state index in [2.05, 4.69) is 32.1 Å². The average Bonchev–Trinajstić information content (AvgIpc) is 2.81. The molecule has 0 saturated heterocycles. The standard InChI is InChI=1S/C13H20N6S/c1-4-5-15-11-6-12(18-13(14)17-11)19(3)7-10-9(2)16-8-20-10/h6,8H,4-5,7H2,1-3H3,(H3,14,15,17,18). The molecule has 0 fully saturated rings. The zero-order chi connectivity index (χ0) is 14.5. The number of nitrogens with one attached hydrogen (secondary N) is 1. The van der Waals surface area contributed by atoms with E-state index in [-0.39, 0.29) is 5.95 Å². The summed E-state index contributed by atoms with van der Waals surface area (Å²) in [5, 5.41) is 3.23. The van der Waals surface area contributed by atoms with E-state index in [1.807, 2.05) is 25.5 Å². The van der Waals surface area contributed by atoms with Crippen molar-refractivity contribution in [3.63, 3.8) is 0 Å². The first-order chi connectivity index (χ1) is 9.60. The van der Waals surface area contributed by atoms with Crippen molar-refractivity contribution in [1.82, 2.24) is 15.0 Å². The summed E-state index contributed by atoms with van der Waals surface area (Å²) in [7, 11) is 1.99. The van der Waals surface area contributed by atoms with Crippen LogP contribution in [-0.2, 0) is 6.54 Å². The van der Waals surface area contributed by atoms with Crippen LogP contribution >= 0.6 is 11.3 Å². The molecule has 2 aromatic heterocycles. The predicted octanol–water partition coefficient (Wildman–Crippen LogP) is 2.28. The van der Waals surface area contributed by atoms with Gasteiger partial charge in [-0.2, -0.15) is 9.97 Å². The lowest BCUT2D eigenvalue weighted by Crippen LogP contribution is -2.19. The second kappa shape index (κ2) is 6.51. The summed E-state index contributed by atoms with van der Waals surface area (Å²) in [6.45, 7) is 5.76. The van der Waals surface area contributed by atoms with Crippen LogP contribution in [0.2, 0.25) is 0 Å². The number of nitrogens with two attached hydrogens (primary N) is 1. The molecule has 0 bridgehead atoms. The van der Waals surface area contributed by atoms with Gasteiger partial charge in [0.05, 0.1) is 17.7 Å². The van der Waals surface area contributed by atoms with Crippen LogP contribution in [-0.4, -0.2) is 28.5 Å². The van der Waals surface area contributed by atoms with Gasteiger partial charge in [0, 0.05) is 24.5 Å². The van der Waals surface area contributed by atoms with Crippen LogP contribution in [0.5, 0.6) is 0 Å². The summed E-state index contributed by atoms with van der Waals surface area (Å²) in [5.74, 6) is 1.86. The molecule has 2 rings (SSSR count). The molecule has 108 valence electrons. The fourth-order valence-electron chi connectivity index (χ4n) is 1.77. The number of aryl methyl sites for hydroxylation is 1. The highest BCUT2D eigenvalue weighted by Crippen LogP contribution is 2.20. The quantitative estimate of drug-likeness (QED) is 0.850. The number of anilines is 3. The summed E-state index contributed by atoms with van der Waals surface area (Å²) < 4.78 is 0. The van der Waals surface area contributed by atoms with Crippen molar-refractivity contribution >= 4 is 28.9 Å². The van der Waals surface area contributed by atoms with Crippen LogP contribution in [0, 0.1) is 6.92 Å². The Morgan fingerprint density at radius 2 is 2.20 bits per heavy atom. The molecule has 0 aliphatic heterocycles. The summed E-state index contributed by atoms with van der Waals surface area (Å²) in [5.41, 5.74) is 8.70. The SMILES string of the molecule is CCCNc1cc(N(C)Cc2scnc2C)nc(N)n1. The second-order valence-electron chi connectivity index (χ2n) is 4.61. The van der Waals surface area contributed by atoms with Crippen molar-refractivity contribution < 1.29 is 0 Å². The lowest BCUT2D eigenvalue weighted by Gasteiger charge is -2.18. The Balaban J connectivity index is 2.14. The van der Waals surface area contributed by atoms with Crippen molar-refractivity contribution in [1.29, 1.82) is 0 Å². The number of nitrogen functional groups attached to an aromatic ring is 1. The molecule has 0 aromatic carbocycles. The third-order valence-electron chi connectivity index (χ3n) is 2.90. The number of aromatic nitrogens is 3. The molecule has 0 spiro atoms. The zero-order valence-electron chi connectivity index (χ0n) is 12.1. The molecule has 0 amide bonds. The highest BCUT2D eigenvalue weighted by atomic mass is 32.1. The number of rotatable bonds is 6. The van der Waals surface area contributed by atoms with Gasteiger partial charge in [0.1, 0.15) is 11.6 Å². The normalized spacial score (nSPS) is 10.6. The summed E-state index contributed by atoms with van der Waals surface area (Å²) in [4.78, 5) is 16.0. The van der Waals surface area contributed by atoms with Gasteiger partial charge in [0.2, 0.25) is 5.95 Å². The van der Waals surface area contributed by atoms with E-state index in [1.54, 1.807) is 11.3 Å². The van der Waals surface area contributed by atoms with Crippen LogP contribution in [0.25, 0.3) is 0 Å². The Bertz CT molecular complexity index is 568. The smallest absolute Gasteiger partial charge is 0.223 e. The molecule has 2 aromatic rings. The molecular formula is C13H20N6S. The minimum Gasteiger partial charge on any atom is -0.370 e. The molecule has 6 nitrogen and oxygen atoms in total. The van der Waals surface area contributed by atoms with Gasteiger partial charge in [-0.15, -0.1) is 11.3 Å². The lowest BCUT2D eigenvalue weighted by molar-refractivity contribution is 0.894. The summed E-state index contributed by atoms with van der Waals surface area (Å²) in [6, 6.07) is 1.92. The molecule has 20 heavy (non-hydrogen) atoms. The Morgan fingerprint density at radius 3 is 2.85 bits per heavy atom. The molecule has 7 heteroatoms. The molecule has 2 heterocycles. The van der Waals surface area contributed by atoms with E-state index in [9.17, 15) is 0 Å². The lowest BCUT2D eigenvalue weighted by atomic mass is 10.3. The highest BCUT2D eigenvalue weighted by Gasteiger charge is 2.10. The van der Waals surface area contributed by atoms with Crippen molar-refractivity contribution in [2.75, 3.05) is 29.5 Å². The monoisotopic (exact) mass is 292 g/mol. The van der Waals surface area contributed by atoms with Crippen LogP contribution < -0.4 is 16.0 Å². The zero-order valence-corrected chi connectivity index (χ0v) is 12.9. The number of hydrogen-bond acceptors (Lipinski definition) is 7. The first-order valence-corrected chi connectivity index (χ1v) is 7.46. The van der Waals surface area contributed by atoms with Gasteiger partial charge in [-0.25, -0.2) is 4.98 Å². The first-order valence-electron chi connectivity index (χ1n) is 6.58. The topological polar surface area (TPSA) is 80.0 Å². The Hall–Kier alpha value is -1.89. The van der Waals surface area contributed by atoms with Gasteiger partial charge in [-0.05, 0) is 13.3 Å². The van der Waals surface area contributed by atoms with Crippen molar-refractivity contribution in [3.05, 3.63) is 22.1 Å². The molecule has 0 saturated carbocycles. The van der Waals surface area contributed by atoms with E-state index in [1.165, 1.54) is 4.88 Å². The molecular weight excluding hydrogens is 272 g/mol. The maximum Gasteiger partial charge on any atom is 0.223 e. The van der Waals surface area contributed by atoms with Crippen LogP contribution in [0.1, 0.15) is 23.9 Å². The van der Waals surface area contributed by atoms with Gasteiger partial charge in [-0.3, -0.25) is 0 Å². The Morgan fingerprint density at radius 1 is 1.40 bits per heavy atom. The molecule has 0 aliphatic carbocycles. The van der Waals surface area contributed by atoms with Crippen molar-refractivity contribution in [2.45, 2.75) is 26.8 Å². The van der Waals surface area contributed by atoms with Crippen molar-refractivity contribution in [3.8, 4) is 0 Å². The van der Waals surface area contributed by atoms with Crippen molar-refractivity contribution in [2.24, 2.45) is 0 Å². The van der Waals surface area contributed by atoms with Gasteiger partial charge in [0.25, 0.3) is 0 Å². The van der Waals surface area contributed by atoms with E-state index >= 15 is 0 Å². The molecule has 0 radical (unpaired) electrons. The van der Waals surface area contributed by atoms with Crippen LogP contribution in [0.3, 0.4) is 0 Å². The largest absolute Gasteiger partial charge is 0.370 e. The van der Waals surface area contributed by atoms with Crippen LogP contribution in [0.15, 0.2) is 11.6 Å². The number of nitrogens with zero attached hydrogens (tertiary/aromatic N) is 4. The predicted molar refractivity (Wildman–Crippen MR) is 84.2 cm³/mol. The maximum atomic E-state index is 5.77. The Labute approximate surface area is 123 Å². The maximum absolute atomic E-state index is 5.77. The minimum atomic E-state index is 0.286. The van der Waals surface area contributed by atoms with Gasteiger partial charge >= 0.3 is 0 Å². The van der Waals surface area contributed by atoms with Gasteiger partial charge in [0.15, 0.2) is 0 Å². The van der Waals surface area contributed by atoms with E-state index in [0.717, 1.165) is 36.8 Å². The third kappa shape index (κ3) is 3.57.